The molecule has 0 saturated carbocycles. The minimum Gasteiger partial charge on any atom is -0.502 e. The first-order valence-electron chi connectivity index (χ1n) is 7.14. The summed E-state index contributed by atoms with van der Waals surface area (Å²) in [6.07, 6.45) is 4.28. The fourth-order valence-electron chi connectivity index (χ4n) is 2.11. The van der Waals surface area contributed by atoms with Crippen LogP contribution in [0.15, 0.2) is 48.4 Å². The van der Waals surface area contributed by atoms with Crippen molar-refractivity contribution in [2.45, 2.75) is 19.8 Å². The molecular weight excluding hydrogens is 294 g/mol. The molecule has 2 rings (SSSR count). The Morgan fingerprint density at radius 2 is 1.83 bits per heavy atom. The third-order valence-corrected chi connectivity index (χ3v) is 3.39. The lowest BCUT2D eigenvalue weighted by Crippen LogP contribution is -1.99. The zero-order valence-electron chi connectivity index (χ0n) is 12.7. The van der Waals surface area contributed by atoms with Crippen molar-refractivity contribution in [1.29, 1.82) is 0 Å². The number of carboxylic acids is 1. The second kappa shape index (κ2) is 7.35. The number of Topliss-reactive ketones (excluding diaryl/α,β-unsaturated/α-hetero) is 1. The second-order valence-electron chi connectivity index (χ2n) is 5.18. The van der Waals surface area contributed by atoms with E-state index in [9.17, 15) is 9.59 Å². The number of hydrogen-bond acceptors (Lipinski definition) is 4. The van der Waals surface area contributed by atoms with Crippen molar-refractivity contribution in [2.75, 3.05) is 0 Å². The Labute approximate surface area is 133 Å². The third kappa shape index (κ3) is 4.78. The molecular formula is C18H17NO4. The maximum absolute atomic E-state index is 11.4. The molecule has 0 aliphatic heterocycles. The maximum Gasteiger partial charge on any atom is 0.371 e. The molecule has 1 aromatic heterocycles. The van der Waals surface area contributed by atoms with E-state index in [1.54, 1.807) is 25.3 Å². The standard InChI is InChI=1S/C18H17NO4/c1-12(20)15-4-2-3-13(9-15)5-6-14-7-8-16(19-11-14)10-17(21)18(22)23/h2-4,7-11,21H,5-6H2,1H3,(H,22,23)/b17-10-. The predicted molar refractivity (Wildman–Crippen MR) is 86.3 cm³/mol. The number of aliphatic carboxylic acids is 1. The summed E-state index contributed by atoms with van der Waals surface area (Å²) in [4.78, 5) is 26.0. The highest BCUT2D eigenvalue weighted by Crippen LogP contribution is 2.11. The Hall–Kier alpha value is -2.95. The minimum atomic E-state index is -1.39. The number of pyridine rings is 1. The average Bonchev–Trinajstić information content (AvgIpc) is 2.54. The highest BCUT2D eigenvalue weighted by Gasteiger charge is 2.05. The fraction of sp³-hybridized carbons (Fsp3) is 0.167. The molecule has 23 heavy (non-hydrogen) atoms. The van der Waals surface area contributed by atoms with Gasteiger partial charge in [-0.25, -0.2) is 4.79 Å². The van der Waals surface area contributed by atoms with Crippen LogP contribution in [0.3, 0.4) is 0 Å². The Balaban J connectivity index is 2.02. The molecule has 118 valence electrons. The van der Waals surface area contributed by atoms with Crippen LogP contribution in [0, 0.1) is 0 Å². The van der Waals surface area contributed by atoms with Crippen LogP contribution >= 0.6 is 0 Å². The Morgan fingerprint density at radius 3 is 2.43 bits per heavy atom. The number of benzene rings is 1. The van der Waals surface area contributed by atoms with Gasteiger partial charge in [0.15, 0.2) is 5.78 Å². The van der Waals surface area contributed by atoms with Gasteiger partial charge in [-0.3, -0.25) is 9.78 Å². The molecule has 0 bridgehead atoms. The monoisotopic (exact) mass is 311 g/mol. The normalized spacial score (nSPS) is 11.3. The van der Waals surface area contributed by atoms with Crippen LogP contribution in [0.1, 0.15) is 34.1 Å². The predicted octanol–water partition coefficient (Wildman–Crippen LogP) is 3.05. The fourth-order valence-corrected chi connectivity index (χ4v) is 2.11. The highest BCUT2D eigenvalue weighted by atomic mass is 16.4. The molecule has 5 heteroatoms. The number of ketones is 1. The van der Waals surface area contributed by atoms with Crippen LogP contribution in [0.4, 0.5) is 0 Å². The molecule has 5 nitrogen and oxygen atoms in total. The first-order valence-corrected chi connectivity index (χ1v) is 7.14. The van der Waals surface area contributed by atoms with Crippen molar-refractivity contribution < 1.29 is 19.8 Å². The van der Waals surface area contributed by atoms with Crippen LogP contribution in [0.5, 0.6) is 0 Å². The number of aromatic nitrogens is 1. The summed E-state index contributed by atoms with van der Waals surface area (Å²) in [5.74, 6) is -2.09. The van der Waals surface area contributed by atoms with Crippen molar-refractivity contribution in [1.82, 2.24) is 4.98 Å². The molecule has 2 N–H and O–H groups in total. The van der Waals surface area contributed by atoms with Crippen LogP contribution in [0.25, 0.3) is 6.08 Å². The first-order chi connectivity index (χ1) is 11.0. The number of carbonyl (C=O) groups excluding carboxylic acids is 1. The van der Waals surface area contributed by atoms with Crippen LogP contribution < -0.4 is 0 Å². The van der Waals surface area contributed by atoms with Crippen molar-refractivity contribution in [2.24, 2.45) is 0 Å². The largest absolute Gasteiger partial charge is 0.502 e. The molecule has 0 atom stereocenters. The summed E-state index contributed by atoms with van der Waals surface area (Å²) < 4.78 is 0. The number of carbonyl (C=O) groups is 2. The van der Waals surface area contributed by atoms with Crippen LogP contribution in [0.2, 0.25) is 0 Å². The van der Waals surface area contributed by atoms with E-state index in [1.807, 2.05) is 24.3 Å². The lowest BCUT2D eigenvalue weighted by Gasteiger charge is -2.04. The molecule has 0 spiro atoms. The van der Waals surface area contributed by atoms with Crippen molar-refractivity contribution in [3.05, 3.63) is 70.7 Å². The topological polar surface area (TPSA) is 87.5 Å². The van der Waals surface area contributed by atoms with E-state index in [-0.39, 0.29) is 5.78 Å². The number of nitrogens with zero attached hydrogens (tertiary/aromatic N) is 1. The number of aryl methyl sites for hydroxylation is 2. The van der Waals surface area contributed by atoms with Gasteiger partial charge in [0.1, 0.15) is 0 Å². The third-order valence-electron chi connectivity index (χ3n) is 3.39. The molecule has 1 aromatic carbocycles. The van der Waals surface area contributed by atoms with E-state index in [4.69, 9.17) is 10.2 Å². The second-order valence-corrected chi connectivity index (χ2v) is 5.18. The molecule has 0 saturated heterocycles. The summed E-state index contributed by atoms with van der Waals surface area (Å²) >= 11 is 0. The number of carboxylic acid groups (broad SMARTS) is 1. The Morgan fingerprint density at radius 1 is 1.09 bits per heavy atom. The van der Waals surface area contributed by atoms with Crippen molar-refractivity contribution in [3.63, 3.8) is 0 Å². The average molecular weight is 311 g/mol. The maximum atomic E-state index is 11.4. The lowest BCUT2D eigenvalue weighted by atomic mass is 10.0. The van der Waals surface area contributed by atoms with Gasteiger partial charge >= 0.3 is 5.97 Å². The van der Waals surface area contributed by atoms with Gasteiger partial charge in [0.05, 0.1) is 5.69 Å². The number of hydrogen-bond donors (Lipinski definition) is 2. The van der Waals surface area contributed by atoms with Gasteiger partial charge in [-0.2, -0.15) is 0 Å². The van der Waals surface area contributed by atoms with Gasteiger partial charge < -0.3 is 10.2 Å². The summed E-state index contributed by atoms with van der Waals surface area (Å²) in [6.45, 7) is 1.54. The Bertz CT molecular complexity index is 748. The minimum absolute atomic E-state index is 0.0443. The van der Waals surface area contributed by atoms with Gasteiger partial charge in [-0.1, -0.05) is 24.3 Å². The van der Waals surface area contributed by atoms with E-state index in [0.717, 1.165) is 30.0 Å². The van der Waals surface area contributed by atoms with E-state index in [2.05, 4.69) is 4.98 Å². The SMILES string of the molecule is CC(=O)c1cccc(CCc2ccc(/C=C(\O)C(=O)O)nc2)c1. The van der Waals surface area contributed by atoms with E-state index < -0.39 is 11.7 Å². The van der Waals surface area contributed by atoms with E-state index in [0.29, 0.717) is 11.3 Å². The van der Waals surface area contributed by atoms with E-state index in [1.165, 1.54) is 0 Å². The molecule has 2 aromatic rings. The quantitative estimate of drug-likeness (QED) is 0.486. The van der Waals surface area contributed by atoms with Gasteiger partial charge in [-0.15, -0.1) is 0 Å². The summed E-state index contributed by atoms with van der Waals surface area (Å²) in [6, 6.07) is 11.0. The first kappa shape index (κ1) is 16.4. The summed E-state index contributed by atoms with van der Waals surface area (Å²) in [7, 11) is 0. The lowest BCUT2D eigenvalue weighted by molar-refractivity contribution is -0.135. The molecule has 0 fully saturated rings. The molecule has 0 radical (unpaired) electrons. The molecule has 0 amide bonds. The smallest absolute Gasteiger partial charge is 0.371 e. The van der Waals surface area contributed by atoms with Gasteiger partial charge in [0.25, 0.3) is 0 Å². The van der Waals surface area contributed by atoms with Gasteiger partial charge in [0.2, 0.25) is 5.76 Å². The number of aliphatic hydroxyl groups is 1. The van der Waals surface area contributed by atoms with Gasteiger partial charge in [-0.05, 0) is 43.0 Å². The van der Waals surface area contributed by atoms with Gasteiger partial charge in [0, 0.05) is 17.8 Å². The summed E-state index contributed by atoms with van der Waals surface area (Å²) in [5.41, 5.74) is 3.15. The molecule has 0 unspecified atom stereocenters. The van der Waals surface area contributed by atoms with Crippen LogP contribution in [-0.4, -0.2) is 26.9 Å². The highest BCUT2D eigenvalue weighted by molar-refractivity contribution is 5.94. The van der Waals surface area contributed by atoms with Crippen molar-refractivity contribution in [3.8, 4) is 0 Å². The zero-order chi connectivity index (χ0) is 16.8. The molecule has 0 aliphatic rings. The van der Waals surface area contributed by atoms with E-state index >= 15 is 0 Å². The summed E-state index contributed by atoms with van der Waals surface area (Å²) in [5, 5.41) is 17.8. The molecule has 1 heterocycles. The molecule has 0 aliphatic carbocycles. The number of aliphatic hydroxyl groups excluding tert-OH is 1. The van der Waals surface area contributed by atoms with Crippen molar-refractivity contribution >= 4 is 17.8 Å². The zero-order valence-corrected chi connectivity index (χ0v) is 12.7. The Kier molecular flexibility index (Phi) is 5.25. The van der Waals surface area contributed by atoms with Crippen LogP contribution in [-0.2, 0) is 17.6 Å². The number of rotatable bonds is 6.